The minimum absolute atomic E-state index is 0.801. The lowest BCUT2D eigenvalue weighted by atomic mass is 9.99. The summed E-state index contributed by atoms with van der Waals surface area (Å²) < 4.78 is 0. The molecule has 0 aliphatic rings. The Morgan fingerprint density at radius 3 is 2.60 bits per heavy atom. The molecule has 2 nitrogen and oxygen atoms in total. The van der Waals surface area contributed by atoms with E-state index in [2.05, 4.69) is 13.0 Å². The Kier molecular flexibility index (Phi) is 2.50. The summed E-state index contributed by atoms with van der Waals surface area (Å²) in [7, 11) is 0. The van der Waals surface area contributed by atoms with Gasteiger partial charge in [-0.3, -0.25) is 0 Å². The average molecular weight is 200 g/mol. The number of hydrogen-bond acceptors (Lipinski definition) is 2. The van der Waals surface area contributed by atoms with Crippen LogP contribution < -0.4 is 11.5 Å². The van der Waals surface area contributed by atoms with Gasteiger partial charge in [0.25, 0.3) is 0 Å². The second kappa shape index (κ2) is 3.81. The van der Waals surface area contributed by atoms with Crippen molar-refractivity contribution in [2.24, 2.45) is 0 Å². The second-order valence-corrected chi connectivity index (χ2v) is 3.86. The highest BCUT2D eigenvalue weighted by molar-refractivity contribution is 5.91. The van der Waals surface area contributed by atoms with E-state index in [-0.39, 0.29) is 0 Å². The fraction of sp³-hybridized carbons (Fsp3) is 0.231. The summed E-state index contributed by atoms with van der Waals surface area (Å²) in [4.78, 5) is 0. The van der Waals surface area contributed by atoms with Crippen LogP contribution in [0.5, 0.6) is 0 Å². The van der Waals surface area contributed by atoms with E-state index in [1.807, 2.05) is 24.3 Å². The van der Waals surface area contributed by atoms with E-state index in [0.29, 0.717) is 0 Å². The van der Waals surface area contributed by atoms with Gasteiger partial charge in [-0.25, -0.2) is 0 Å². The summed E-state index contributed by atoms with van der Waals surface area (Å²) in [6, 6.07) is 9.98. The third kappa shape index (κ3) is 1.75. The van der Waals surface area contributed by atoms with Crippen LogP contribution >= 0.6 is 0 Å². The van der Waals surface area contributed by atoms with Crippen LogP contribution in [0.15, 0.2) is 30.3 Å². The van der Waals surface area contributed by atoms with Crippen LogP contribution in [-0.2, 0) is 6.42 Å². The highest BCUT2D eigenvalue weighted by Gasteiger charge is 2.04. The molecule has 2 heteroatoms. The molecule has 2 rings (SSSR count). The first-order valence-electron chi connectivity index (χ1n) is 5.29. The van der Waals surface area contributed by atoms with E-state index >= 15 is 0 Å². The Bertz CT molecular complexity index is 489. The molecule has 0 radical (unpaired) electrons. The number of aryl methyl sites for hydroxylation is 1. The summed E-state index contributed by atoms with van der Waals surface area (Å²) in [6.45, 7) is 2.16. The molecule has 0 aliphatic carbocycles. The summed E-state index contributed by atoms with van der Waals surface area (Å²) in [5, 5.41) is 2.40. The molecule has 0 spiro atoms. The number of benzene rings is 2. The summed E-state index contributed by atoms with van der Waals surface area (Å²) in [5.41, 5.74) is 14.7. The van der Waals surface area contributed by atoms with Crippen molar-refractivity contribution in [3.8, 4) is 0 Å². The Balaban J connectivity index is 2.70. The zero-order valence-corrected chi connectivity index (χ0v) is 8.96. The molecule has 2 aromatic rings. The maximum Gasteiger partial charge on any atom is 0.0353 e. The molecule has 0 saturated heterocycles. The zero-order chi connectivity index (χ0) is 10.8. The first-order chi connectivity index (χ1) is 7.22. The van der Waals surface area contributed by atoms with E-state index < -0.39 is 0 Å². The number of nitrogens with two attached hydrogens (primary N) is 2. The Morgan fingerprint density at radius 2 is 1.87 bits per heavy atom. The van der Waals surface area contributed by atoms with Crippen molar-refractivity contribution < 1.29 is 0 Å². The molecule has 78 valence electrons. The summed E-state index contributed by atoms with van der Waals surface area (Å²) in [6.07, 6.45) is 2.13. The molecule has 4 N–H and O–H groups in total. The van der Waals surface area contributed by atoms with Gasteiger partial charge in [-0.1, -0.05) is 25.5 Å². The van der Waals surface area contributed by atoms with Gasteiger partial charge in [-0.2, -0.15) is 0 Å². The van der Waals surface area contributed by atoms with Crippen molar-refractivity contribution in [3.63, 3.8) is 0 Å². The monoisotopic (exact) mass is 200 g/mol. The number of rotatable bonds is 2. The molecule has 0 unspecified atom stereocenters. The van der Waals surface area contributed by atoms with Crippen molar-refractivity contribution in [1.29, 1.82) is 0 Å². The van der Waals surface area contributed by atoms with Crippen molar-refractivity contribution in [3.05, 3.63) is 35.9 Å². The maximum atomic E-state index is 5.98. The van der Waals surface area contributed by atoms with Crippen LogP contribution in [0.3, 0.4) is 0 Å². The van der Waals surface area contributed by atoms with E-state index in [4.69, 9.17) is 11.5 Å². The highest BCUT2D eigenvalue weighted by Crippen LogP contribution is 2.26. The Labute approximate surface area is 89.9 Å². The molecule has 0 aliphatic heterocycles. The maximum absolute atomic E-state index is 5.98. The predicted octanol–water partition coefficient (Wildman–Crippen LogP) is 2.96. The number of anilines is 2. The molecule has 2 aromatic carbocycles. The molecule has 0 aromatic heterocycles. The first kappa shape index (κ1) is 9.84. The summed E-state index contributed by atoms with van der Waals surface area (Å²) >= 11 is 0. The number of nitrogen functional groups attached to an aromatic ring is 2. The number of hydrogen-bond donors (Lipinski definition) is 2. The normalized spacial score (nSPS) is 10.7. The minimum atomic E-state index is 0.801. The van der Waals surface area contributed by atoms with E-state index in [1.165, 1.54) is 16.3 Å². The van der Waals surface area contributed by atoms with Gasteiger partial charge in [-0.05, 0) is 41.0 Å². The molecular weight excluding hydrogens is 184 g/mol. The lowest BCUT2D eigenvalue weighted by Gasteiger charge is -2.09. The predicted molar refractivity (Wildman–Crippen MR) is 66.8 cm³/mol. The molecule has 15 heavy (non-hydrogen) atoms. The van der Waals surface area contributed by atoms with Gasteiger partial charge in [0.2, 0.25) is 0 Å². The first-order valence-corrected chi connectivity index (χ1v) is 5.29. The van der Waals surface area contributed by atoms with Crippen LogP contribution in [0.2, 0.25) is 0 Å². The van der Waals surface area contributed by atoms with Crippen molar-refractivity contribution in [1.82, 2.24) is 0 Å². The fourth-order valence-electron chi connectivity index (χ4n) is 1.96. The third-order valence-corrected chi connectivity index (χ3v) is 2.69. The second-order valence-electron chi connectivity index (χ2n) is 3.86. The van der Waals surface area contributed by atoms with Crippen LogP contribution in [0.1, 0.15) is 18.9 Å². The molecule has 0 fully saturated rings. The van der Waals surface area contributed by atoms with Crippen LogP contribution in [0.25, 0.3) is 10.8 Å². The summed E-state index contributed by atoms with van der Waals surface area (Å²) in [5.74, 6) is 0. The smallest absolute Gasteiger partial charge is 0.0353 e. The SMILES string of the molecule is CCCc1c(N)ccc2cc(N)ccc12. The van der Waals surface area contributed by atoms with Crippen LogP contribution in [0, 0.1) is 0 Å². The molecule has 0 heterocycles. The topological polar surface area (TPSA) is 52.0 Å². The van der Waals surface area contributed by atoms with E-state index in [9.17, 15) is 0 Å². The van der Waals surface area contributed by atoms with Gasteiger partial charge in [0.15, 0.2) is 0 Å². The molecule has 0 saturated carbocycles. The van der Waals surface area contributed by atoms with Crippen LogP contribution in [0.4, 0.5) is 11.4 Å². The van der Waals surface area contributed by atoms with Gasteiger partial charge in [-0.15, -0.1) is 0 Å². The fourth-order valence-corrected chi connectivity index (χ4v) is 1.96. The van der Waals surface area contributed by atoms with Gasteiger partial charge in [0, 0.05) is 11.4 Å². The van der Waals surface area contributed by atoms with Gasteiger partial charge >= 0.3 is 0 Å². The van der Waals surface area contributed by atoms with Crippen molar-refractivity contribution in [2.45, 2.75) is 19.8 Å². The lowest BCUT2D eigenvalue weighted by Crippen LogP contribution is -1.95. The van der Waals surface area contributed by atoms with E-state index in [1.54, 1.807) is 0 Å². The van der Waals surface area contributed by atoms with Gasteiger partial charge in [0.1, 0.15) is 0 Å². The zero-order valence-electron chi connectivity index (χ0n) is 8.96. The lowest BCUT2D eigenvalue weighted by molar-refractivity contribution is 0.932. The molecule has 0 atom stereocenters. The molecule has 0 amide bonds. The largest absolute Gasteiger partial charge is 0.399 e. The Hall–Kier alpha value is -1.70. The number of fused-ring (bicyclic) bond motifs is 1. The minimum Gasteiger partial charge on any atom is -0.399 e. The Morgan fingerprint density at radius 1 is 1.07 bits per heavy atom. The molecule has 0 bridgehead atoms. The van der Waals surface area contributed by atoms with Crippen molar-refractivity contribution >= 4 is 22.1 Å². The van der Waals surface area contributed by atoms with Crippen LogP contribution in [-0.4, -0.2) is 0 Å². The van der Waals surface area contributed by atoms with Gasteiger partial charge in [0.05, 0.1) is 0 Å². The third-order valence-electron chi connectivity index (χ3n) is 2.69. The van der Waals surface area contributed by atoms with E-state index in [0.717, 1.165) is 24.2 Å². The quantitative estimate of drug-likeness (QED) is 0.732. The highest BCUT2D eigenvalue weighted by atomic mass is 14.6. The standard InChI is InChI=1S/C13H16N2/c1-2-3-12-11-6-5-10(14)8-9(11)4-7-13(12)15/h4-8H,2-3,14-15H2,1H3. The average Bonchev–Trinajstić information content (AvgIpc) is 2.22. The molecular formula is C13H16N2. The van der Waals surface area contributed by atoms with Crippen molar-refractivity contribution in [2.75, 3.05) is 11.5 Å². The van der Waals surface area contributed by atoms with Gasteiger partial charge < -0.3 is 11.5 Å².